The summed E-state index contributed by atoms with van der Waals surface area (Å²) in [6.07, 6.45) is 6.76. The second-order valence-electron chi connectivity index (χ2n) is 5.80. The van der Waals surface area contributed by atoms with Gasteiger partial charge in [-0.05, 0) is 12.8 Å². The molecular formula is C16H26N4O2S. The number of aromatic amines is 1. The minimum atomic E-state index is -0.414. The molecule has 0 fully saturated rings. The molecule has 0 bridgehead atoms. The summed E-state index contributed by atoms with van der Waals surface area (Å²) in [5.74, 6) is 0.983. The van der Waals surface area contributed by atoms with Crippen LogP contribution in [0.5, 0.6) is 0 Å². The Balaban J connectivity index is 2.40. The minimum Gasteiger partial charge on any atom is -0.313 e. The number of hydrogen-bond donors (Lipinski definition) is 1. The molecule has 0 radical (unpaired) electrons. The average Bonchev–Trinajstić information content (AvgIpc) is 2.89. The van der Waals surface area contributed by atoms with Crippen LogP contribution in [0.25, 0.3) is 11.2 Å². The monoisotopic (exact) mass is 338 g/mol. The number of nitrogens with zero attached hydrogens (tertiary/aromatic N) is 3. The van der Waals surface area contributed by atoms with E-state index in [4.69, 9.17) is 0 Å². The van der Waals surface area contributed by atoms with Crippen molar-refractivity contribution in [1.82, 2.24) is 19.1 Å². The molecule has 7 heteroatoms. The molecule has 0 aliphatic carbocycles. The van der Waals surface area contributed by atoms with Gasteiger partial charge >= 0.3 is 5.69 Å². The van der Waals surface area contributed by atoms with Gasteiger partial charge in [-0.1, -0.05) is 51.3 Å². The Morgan fingerprint density at radius 2 is 1.78 bits per heavy atom. The van der Waals surface area contributed by atoms with E-state index in [1.54, 1.807) is 18.8 Å². The van der Waals surface area contributed by atoms with Gasteiger partial charge in [0.25, 0.3) is 5.56 Å². The highest BCUT2D eigenvalue weighted by molar-refractivity contribution is 7.99. The van der Waals surface area contributed by atoms with E-state index in [1.165, 1.54) is 17.4 Å². The number of aromatic nitrogens is 4. The van der Waals surface area contributed by atoms with Gasteiger partial charge in [-0.25, -0.2) is 9.78 Å². The molecule has 0 aliphatic heterocycles. The van der Waals surface area contributed by atoms with Gasteiger partial charge in [0.15, 0.2) is 16.3 Å². The van der Waals surface area contributed by atoms with Crippen molar-refractivity contribution in [1.29, 1.82) is 0 Å². The zero-order valence-electron chi connectivity index (χ0n) is 14.2. The van der Waals surface area contributed by atoms with Crippen molar-refractivity contribution in [2.75, 3.05) is 5.75 Å². The normalized spacial score (nSPS) is 11.4. The lowest BCUT2D eigenvalue weighted by Gasteiger charge is -2.08. The van der Waals surface area contributed by atoms with Crippen molar-refractivity contribution >= 4 is 22.9 Å². The first-order valence-electron chi connectivity index (χ1n) is 8.42. The van der Waals surface area contributed by atoms with E-state index >= 15 is 0 Å². The first-order valence-corrected chi connectivity index (χ1v) is 9.41. The third-order valence-electron chi connectivity index (χ3n) is 3.94. The fraction of sp³-hybridized carbons (Fsp3) is 0.688. The molecule has 0 aromatic carbocycles. The van der Waals surface area contributed by atoms with Crippen LogP contribution in [0.3, 0.4) is 0 Å². The Hall–Kier alpha value is -1.50. The van der Waals surface area contributed by atoms with Gasteiger partial charge in [-0.2, -0.15) is 0 Å². The van der Waals surface area contributed by atoms with Crippen LogP contribution in [0.15, 0.2) is 14.7 Å². The predicted molar refractivity (Wildman–Crippen MR) is 95.4 cm³/mol. The number of H-pyrrole nitrogens is 1. The molecule has 0 saturated heterocycles. The van der Waals surface area contributed by atoms with Crippen LogP contribution in [0.4, 0.5) is 0 Å². The summed E-state index contributed by atoms with van der Waals surface area (Å²) in [4.78, 5) is 31.0. The third-order valence-corrected chi connectivity index (χ3v) is 5.00. The molecule has 0 saturated carbocycles. The number of nitrogens with one attached hydrogen (secondary N) is 1. The lowest BCUT2D eigenvalue weighted by Crippen LogP contribution is -2.29. The minimum absolute atomic E-state index is 0.340. The van der Waals surface area contributed by atoms with Crippen LogP contribution >= 0.6 is 11.8 Å². The van der Waals surface area contributed by atoms with Crippen molar-refractivity contribution in [3.05, 3.63) is 20.8 Å². The second-order valence-corrected chi connectivity index (χ2v) is 6.86. The largest absolute Gasteiger partial charge is 0.329 e. The molecule has 0 amide bonds. The zero-order valence-corrected chi connectivity index (χ0v) is 15.0. The maximum absolute atomic E-state index is 12.3. The predicted octanol–water partition coefficient (Wildman–Crippen LogP) is 2.90. The summed E-state index contributed by atoms with van der Waals surface area (Å²) >= 11 is 1.68. The molecule has 2 heterocycles. The van der Waals surface area contributed by atoms with E-state index in [2.05, 4.69) is 23.8 Å². The van der Waals surface area contributed by atoms with Gasteiger partial charge in [0, 0.05) is 19.3 Å². The molecule has 128 valence electrons. The highest BCUT2D eigenvalue weighted by atomic mass is 32.2. The Bertz CT molecular complexity index is 760. The Labute approximate surface area is 140 Å². The number of imidazole rings is 1. The van der Waals surface area contributed by atoms with E-state index in [-0.39, 0.29) is 5.56 Å². The topological polar surface area (TPSA) is 72.7 Å². The third kappa shape index (κ3) is 4.07. The van der Waals surface area contributed by atoms with Gasteiger partial charge in [-0.3, -0.25) is 14.3 Å². The van der Waals surface area contributed by atoms with Gasteiger partial charge in [0.05, 0.1) is 0 Å². The summed E-state index contributed by atoms with van der Waals surface area (Å²) < 4.78 is 3.41. The van der Waals surface area contributed by atoms with Crippen molar-refractivity contribution in [3.8, 4) is 0 Å². The first kappa shape index (κ1) is 17.8. The molecule has 6 nitrogen and oxygen atoms in total. The zero-order chi connectivity index (χ0) is 16.8. The number of unbranched alkanes of at least 4 members (excludes halogenated alkanes) is 4. The Morgan fingerprint density at radius 1 is 1.09 bits per heavy atom. The number of aryl methyl sites for hydroxylation is 2. The lowest BCUT2D eigenvalue weighted by molar-refractivity contribution is 0.577. The van der Waals surface area contributed by atoms with Crippen molar-refractivity contribution < 1.29 is 0 Å². The molecule has 0 unspecified atom stereocenters. The summed E-state index contributed by atoms with van der Waals surface area (Å²) in [5.41, 5.74) is 0.241. The summed E-state index contributed by atoms with van der Waals surface area (Å²) in [6.45, 7) is 5.10. The van der Waals surface area contributed by atoms with Crippen LogP contribution in [-0.2, 0) is 13.6 Å². The van der Waals surface area contributed by atoms with Crippen LogP contribution in [0, 0.1) is 0 Å². The average molecular weight is 338 g/mol. The van der Waals surface area contributed by atoms with Crippen LogP contribution in [0.1, 0.15) is 52.4 Å². The van der Waals surface area contributed by atoms with Crippen molar-refractivity contribution in [2.45, 2.75) is 64.1 Å². The first-order chi connectivity index (χ1) is 11.1. The van der Waals surface area contributed by atoms with Crippen LogP contribution < -0.4 is 11.2 Å². The summed E-state index contributed by atoms with van der Waals surface area (Å²) in [7, 11) is 1.65. The van der Waals surface area contributed by atoms with E-state index in [9.17, 15) is 9.59 Å². The molecular weight excluding hydrogens is 312 g/mol. The van der Waals surface area contributed by atoms with Gasteiger partial charge in [0.2, 0.25) is 0 Å². The van der Waals surface area contributed by atoms with Crippen molar-refractivity contribution in [3.63, 3.8) is 0 Å². The van der Waals surface area contributed by atoms with E-state index in [0.29, 0.717) is 11.2 Å². The van der Waals surface area contributed by atoms with E-state index in [1.807, 2.05) is 4.57 Å². The molecule has 0 atom stereocenters. The maximum Gasteiger partial charge on any atom is 0.329 e. The van der Waals surface area contributed by atoms with E-state index < -0.39 is 5.69 Å². The molecule has 2 aromatic rings. The quantitative estimate of drug-likeness (QED) is 0.563. The summed E-state index contributed by atoms with van der Waals surface area (Å²) in [5, 5.41) is 0.846. The van der Waals surface area contributed by atoms with E-state index in [0.717, 1.165) is 43.1 Å². The number of rotatable bonds is 9. The Morgan fingerprint density at radius 3 is 2.48 bits per heavy atom. The lowest BCUT2D eigenvalue weighted by atomic mass is 10.2. The van der Waals surface area contributed by atoms with Gasteiger partial charge in [0.1, 0.15) is 0 Å². The molecule has 2 rings (SSSR count). The highest BCUT2D eigenvalue weighted by Crippen LogP contribution is 2.23. The fourth-order valence-electron chi connectivity index (χ4n) is 2.57. The molecule has 0 spiro atoms. The standard InChI is InChI=1S/C16H26N4O2S/c1-4-6-8-10-20-12-13(19(3)15(22)18-14(12)21)17-16(20)23-11-9-7-5-2/h4-11H2,1-3H3,(H,18,21,22). The van der Waals surface area contributed by atoms with Gasteiger partial charge in [-0.15, -0.1) is 0 Å². The highest BCUT2D eigenvalue weighted by Gasteiger charge is 2.17. The van der Waals surface area contributed by atoms with Crippen LogP contribution in [-0.4, -0.2) is 24.9 Å². The SMILES string of the molecule is CCCCCSc1nc2c(c(=O)[nH]c(=O)n2C)n1CCCCC. The number of thioether (sulfide) groups is 1. The number of fused-ring (bicyclic) bond motifs is 1. The summed E-state index contributed by atoms with van der Waals surface area (Å²) in [6, 6.07) is 0. The Kier molecular flexibility index (Phi) is 6.50. The molecule has 2 aromatic heterocycles. The van der Waals surface area contributed by atoms with Crippen molar-refractivity contribution in [2.24, 2.45) is 7.05 Å². The fourth-order valence-corrected chi connectivity index (χ4v) is 3.59. The smallest absolute Gasteiger partial charge is 0.313 e. The molecule has 23 heavy (non-hydrogen) atoms. The maximum atomic E-state index is 12.3. The molecule has 0 aliphatic rings. The molecule has 1 N–H and O–H groups in total. The number of hydrogen-bond acceptors (Lipinski definition) is 4. The van der Waals surface area contributed by atoms with Crippen LogP contribution in [0.2, 0.25) is 0 Å². The van der Waals surface area contributed by atoms with Gasteiger partial charge < -0.3 is 4.57 Å². The second kappa shape index (κ2) is 8.38.